The molecule has 2 aliphatic rings. The number of hydrogen-bond donors (Lipinski definition) is 1. The molecule has 3 rings (SSSR count). The summed E-state index contributed by atoms with van der Waals surface area (Å²) in [7, 11) is 0. The van der Waals surface area contributed by atoms with Crippen molar-refractivity contribution in [3.05, 3.63) is 35.9 Å². The van der Waals surface area contributed by atoms with Gasteiger partial charge in [-0.15, -0.1) is 0 Å². The Bertz CT molecular complexity index is 594. The molecule has 1 aromatic rings. The van der Waals surface area contributed by atoms with Crippen LogP contribution < -0.4 is 5.32 Å². The summed E-state index contributed by atoms with van der Waals surface area (Å²) in [5.41, 5.74) is 1.74. The minimum Gasteiger partial charge on any atom is -0.382 e. The lowest BCUT2D eigenvalue weighted by molar-refractivity contribution is -0.132. The number of oxime groups is 1. The molecule has 0 aromatic heterocycles. The van der Waals surface area contributed by atoms with Crippen molar-refractivity contribution < 1.29 is 14.4 Å². The second kappa shape index (κ2) is 7.26. The van der Waals surface area contributed by atoms with Crippen LogP contribution in [0, 0.1) is 0 Å². The highest BCUT2D eigenvalue weighted by molar-refractivity contribution is 6.04. The molecule has 6 nitrogen and oxygen atoms in total. The summed E-state index contributed by atoms with van der Waals surface area (Å²) in [5.74, 6) is -0.106. The van der Waals surface area contributed by atoms with Crippen molar-refractivity contribution in [3.63, 3.8) is 0 Å². The van der Waals surface area contributed by atoms with Crippen LogP contribution in [0.25, 0.3) is 0 Å². The van der Waals surface area contributed by atoms with Crippen LogP contribution in [0.5, 0.6) is 0 Å². The van der Waals surface area contributed by atoms with E-state index in [2.05, 4.69) is 10.5 Å². The lowest BCUT2D eigenvalue weighted by Gasteiger charge is -2.15. The smallest absolute Gasteiger partial charge is 0.264 e. The SMILES string of the molecule is O=C(NCCC(=O)N1CCCC1)[C@H]1CC(c2ccccc2)=NO1. The van der Waals surface area contributed by atoms with Gasteiger partial charge in [-0.25, -0.2) is 0 Å². The summed E-state index contributed by atoms with van der Waals surface area (Å²) < 4.78 is 0. The molecule has 0 unspecified atom stereocenters. The minimum atomic E-state index is -0.605. The fraction of sp³-hybridized carbons (Fsp3) is 0.471. The van der Waals surface area contributed by atoms with E-state index in [1.54, 1.807) is 0 Å². The van der Waals surface area contributed by atoms with Gasteiger partial charge in [-0.05, 0) is 18.4 Å². The number of carbonyl (C=O) groups is 2. The van der Waals surface area contributed by atoms with E-state index in [1.165, 1.54) is 0 Å². The Balaban J connectivity index is 1.41. The first-order valence-corrected chi connectivity index (χ1v) is 8.07. The molecule has 2 amide bonds. The van der Waals surface area contributed by atoms with Crippen LogP contribution in [0.15, 0.2) is 35.5 Å². The quantitative estimate of drug-likeness (QED) is 0.890. The van der Waals surface area contributed by atoms with Crippen molar-refractivity contribution in [1.82, 2.24) is 10.2 Å². The minimum absolute atomic E-state index is 0.108. The number of carbonyl (C=O) groups excluding carboxylic acids is 2. The summed E-state index contributed by atoms with van der Waals surface area (Å²) in [6, 6.07) is 9.67. The Hall–Kier alpha value is -2.37. The van der Waals surface area contributed by atoms with Gasteiger partial charge in [-0.3, -0.25) is 9.59 Å². The molecule has 1 aromatic carbocycles. The summed E-state index contributed by atoms with van der Waals surface area (Å²) in [5, 5.41) is 6.76. The maximum Gasteiger partial charge on any atom is 0.264 e. The molecule has 0 bridgehead atoms. The average molecular weight is 315 g/mol. The molecule has 0 saturated carbocycles. The third-order valence-corrected chi connectivity index (χ3v) is 4.17. The Labute approximate surface area is 135 Å². The van der Waals surface area contributed by atoms with Gasteiger partial charge in [0.2, 0.25) is 12.0 Å². The van der Waals surface area contributed by atoms with Crippen LogP contribution in [-0.2, 0) is 14.4 Å². The normalized spacial score (nSPS) is 20.1. The molecule has 1 fully saturated rings. The van der Waals surface area contributed by atoms with Gasteiger partial charge in [-0.1, -0.05) is 35.5 Å². The first-order valence-electron chi connectivity index (χ1n) is 8.07. The first kappa shape index (κ1) is 15.5. The van der Waals surface area contributed by atoms with E-state index in [0.29, 0.717) is 19.4 Å². The Kier molecular flexibility index (Phi) is 4.90. The Morgan fingerprint density at radius 2 is 1.96 bits per heavy atom. The third kappa shape index (κ3) is 3.88. The lowest BCUT2D eigenvalue weighted by Crippen LogP contribution is -2.37. The van der Waals surface area contributed by atoms with Crippen molar-refractivity contribution in [3.8, 4) is 0 Å². The molecule has 1 saturated heterocycles. The number of amides is 2. The van der Waals surface area contributed by atoms with Gasteiger partial charge < -0.3 is 15.1 Å². The summed E-state index contributed by atoms with van der Waals surface area (Å²) in [6.07, 6.45) is 2.34. The highest BCUT2D eigenvalue weighted by Crippen LogP contribution is 2.16. The molecule has 23 heavy (non-hydrogen) atoms. The van der Waals surface area contributed by atoms with Gasteiger partial charge in [0.1, 0.15) is 0 Å². The predicted octanol–water partition coefficient (Wildman–Crippen LogP) is 1.31. The molecule has 0 aliphatic carbocycles. The molecular weight excluding hydrogens is 294 g/mol. The maximum absolute atomic E-state index is 12.1. The zero-order valence-corrected chi connectivity index (χ0v) is 13.0. The van der Waals surface area contributed by atoms with Crippen molar-refractivity contribution in [2.45, 2.75) is 31.8 Å². The number of nitrogens with zero attached hydrogens (tertiary/aromatic N) is 2. The van der Waals surface area contributed by atoms with E-state index in [1.807, 2.05) is 35.2 Å². The number of hydrogen-bond acceptors (Lipinski definition) is 4. The van der Waals surface area contributed by atoms with Crippen molar-refractivity contribution in [2.75, 3.05) is 19.6 Å². The number of rotatable bonds is 5. The Morgan fingerprint density at radius 1 is 1.22 bits per heavy atom. The van der Waals surface area contributed by atoms with Gasteiger partial charge in [0.15, 0.2) is 0 Å². The van der Waals surface area contributed by atoms with Crippen LogP contribution in [0.4, 0.5) is 0 Å². The molecule has 6 heteroatoms. The summed E-state index contributed by atoms with van der Waals surface area (Å²) in [4.78, 5) is 31.1. The average Bonchev–Trinajstić information content (AvgIpc) is 3.27. The van der Waals surface area contributed by atoms with E-state index in [9.17, 15) is 9.59 Å². The largest absolute Gasteiger partial charge is 0.382 e. The standard InChI is InChI=1S/C17H21N3O3/c21-16(20-10-4-5-11-20)8-9-18-17(22)15-12-14(19-23-15)13-6-2-1-3-7-13/h1-3,6-7,15H,4-5,8-12H2,(H,18,22)/t15-/m1/s1. The molecule has 2 heterocycles. The van der Waals surface area contributed by atoms with Gasteiger partial charge >= 0.3 is 0 Å². The van der Waals surface area contributed by atoms with E-state index >= 15 is 0 Å². The molecular formula is C17H21N3O3. The van der Waals surface area contributed by atoms with Crippen molar-refractivity contribution >= 4 is 17.5 Å². The molecule has 1 N–H and O–H groups in total. The van der Waals surface area contributed by atoms with E-state index in [0.717, 1.165) is 37.2 Å². The van der Waals surface area contributed by atoms with Crippen LogP contribution in [0.1, 0.15) is 31.2 Å². The van der Waals surface area contributed by atoms with Gasteiger partial charge in [0.05, 0.1) is 5.71 Å². The van der Waals surface area contributed by atoms with Crippen molar-refractivity contribution in [1.29, 1.82) is 0 Å². The fourth-order valence-corrected chi connectivity index (χ4v) is 2.85. The third-order valence-electron chi connectivity index (χ3n) is 4.17. The number of likely N-dealkylation sites (tertiary alicyclic amines) is 1. The van der Waals surface area contributed by atoms with E-state index in [-0.39, 0.29) is 11.8 Å². The van der Waals surface area contributed by atoms with Gasteiger partial charge in [0.25, 0.3) is 5.91 Å². The molecule has 1 atom stereocenters. The lowest BCUT2D eigenvalue weighted by atomic mass is 10.0. The highest BCUT2D eigenvalue weighted by atomic mass is 16.6. The molecule has 2 aliphatic heterocycles. The summed E-state index contributed by atoms with van der Waals surface area (Å²) in [6.45, 7) is 2.02. The van der Waals surface area contributed by atoms with Crippen LogP contribution in [-0.4, -0.2) is 48.2 Å². The van der Waals surface area contributed by atoms with Crippen LogP contribution in [0.3, 0.4) is 0 Å². The zero-order chi connectivity index (χ0) is 16.1. The molecule has 122 valence electrons. The van der Waals surface area contributed by atoms with Crippen LogP contribution in [0.2, 0.25) is 0 Å². The van der Waals surface area contributed by atoms with Crippen molar-refractivity contribution in [2.24, 2.45) is 5.16 Å². The maximum atomic E-state index is 12.1. The molecule has 0 spiro atoms. The first-order chi connectivity index (χ1) is 11.2. The monoisotopic (exact) mass is 315 g/mol. The number of nitrogens with one attached hydrogen (secondary N) is 1. The number of benzene rings is 1. The fourth-order valence-electron chi connectivity index (χ4n) is 2.85. The Morgan fingerprint density at radius 3 is 2.70 bits per heavy atom. The van der Waals surface area contributed by atoms with Crippen LogP contribution >= 0.6 is 0 Å². The van der Waals surface area contributed by atoms with Gasteiger partial charge in [0, 0.05) is 32.5 Å². The van der Waals surface area contributed by atoms with E-state index < -0.39 is 6.10 Å². The summed E-state index contributed by atoms with van der Waals surface area (Å²) >= 11 is 0. The van der Waals surface area contributed by atoms with E-state index in [4.69, 9.17) is 4.84 Å². The second-order valence-corrected chi connectivity index (χ2v) is 5.83. The predicted molar refractivity (Wildman–Crippen MR) is 85.9 cm³/mol. The highest BCUT2D eigenvalue weighted by Gasteiger charge is 2.28. The molecule has 0 radical (unpaired) electrons. The topological polar surface area (TPSA) is 71.0 Å². The van der Waals surface area contributed by atoms with Gasteiger partial charge in [-0.2, -0.15) is 0 Å². The zero-order valence-electron chi connectivity index (χ0n) is 13.0. The second-order valence-electron chi connectivity index (χ2n) is 5.83.